The van der Waals surface area contributed by atoms with E-state index >= 15 is 0 Å². The summed E-state index contributed by atoms with van der Waals surface area (Å²) in [7, 11) is -3.59. The fraction of sp³-hybridized carbons (Fsp3) is 0.368. The summed E-state index contributed by atoms with van der Waals surface area (Å²) in [5, 5.41) is 2.66. The van der Waals surface area contributed by atoms with Gasteiger partial charge in [0.15, 0.2) is 6.61 Å². The van der Waals surface area contributed by atoms with Crippen molar-refractivity contribution < 1.29 is 27.5 Å². The highest BCUT2D eigenvalue weighted by Crippen LogP contribution is 2.26. The number of nitrogens with one attached hydrogen (secondary N) is 1. The molecule has 1 aromatic heterocycles. The molecule has 2 aromatic rings. The summed E-state index contributed by atoms with van der Waals surface area (Å²) in [5.74, 6) is -1.05. The molecular formula is C19H21BrN2O6S2. The molecule has 0 atom stereocenters. The average Bonchev–Trinajstić information content (AvgIpc) is 3.19. The number of rotatable bonds is 7. The normalized spacial score (nSPS) is 15.0. The topological polar surface area (TPSA) is 102 Å². The lowest BCUT2D eigenvalue weighted by molar-refractivity contribution is -0.146. The van der Waals surface area contributed by atoms with Gasteiger partial charge in [0.25, 0.3) is 15.9 Å². The first kappa shape index (κ1) is 22.9. The van der Waals surface area contributed by atoms with Crippen molar-refractivity contribution in [2.24, 2.45) is 0 Å². The van der Waals surface area contributed by atoms with Gasteiger partial charge < -0.3 is 14.8 Å². The summed E-state index contributed by atoms with van der Waals surface area (Å²) in [5.41, 5.74) is 1.57. The van der Waals surface area contributed by atoms with Crippen molar-refractivity contribution in [3.63, 3.8) is 0 Å². The largest absolute Gasteiger partial charge is 0.455 e. The molecule has 0 aliphatic carbocycles. The number of ether oxygens (including phenoxy) is 2. The second-order valence-corrected chi connectivity index (χ2v) is 10.8. The Morgan fingerprint density at radius 1 is 1.23 bits per heavy atom. The number of hydrogen-bond acceptors (Lipinski definition) is 7. The number of anilines is 1. The Balaban J connectivity index is 1.50. The van der Waals surface area contributed by atoms with Crippen LogP contribution in [0.4, 0.5) is 5.69 Å². The van der Waals surface area contributed by atoms with Crippen molar-refractivity contribution >= 4 is 54.9 Å². The molecule has 0 unspecified atom stereocenters. The van der Waals surface area contributed by atoms with Gasteiger partial charge in [0.05, 0.1) is 19.6 Å². The van der Waals surface area contributed by atoms with Gasteiger partial charge in [-0.1, -0.05) is 15.9 Å². The van der Waals surface area contributed by atoms with Crippen LogP contribution in [0.5, 0.6) is 0 Å². The minimum Gasteiger partial charge on any atom is -0.455 e. The number of carbonyl (C=O) groups is 2. The standard InChI is InChI=1S/C19H21BrN2O6S2/c1-13-10-14(2-4-16(13)20)21-17(23)12-28-18(24)11-15-3-5-19(29-15)30(25,26)22-6-8-27-9-7-22/h2-5,10H,6-9,11-12H2,1H3,(H,21,23). The minimum absolute atomic E-state index is 0.103. The molecule has 0 bridgehead atoms. The number of amides is 1. The Kier molecular flexibility index (Phi) is 7.64. The Bertz CT molecular complexity index is 1030. The van der Waals surface area contributed by atoms with Crippen molar-refractivity contribution in [3.05, 3.63) is 45.2 Å². The summed E-state index contributed by atoms with van der Waals surface area (Å²) in [6.45, 7) is 2.83. The van der Waals surface area contributed by atoms with Crippen molar-refractivity contribution in [3.8, 4) is 0 Å². The number of hydrogen-bond donors (Lipinski definition) is 1. The van der Waals surface area contributed by atoms with Crippen LogP contribution in [0.15, 0.2) is 39.0 Å². The van der Waals surface area contributed by atoms with Crippen molar-refractivity contribution in [2.75, 3.05) is 38.2 Å². The lowest BCUT2D eigenvalue weighted by Crippen LogP contribution is -2.40. The molecule has 8 nitrogen and oxygen atoms in total. The average molecular weight is 517 g/mol. The van der Waals surface area contributed by atoms with Crippen LogP contribution in [0, 0.1) is 6.92 Å². The maximum Gasteiger partial charge on any atom is 0.311 e. The van der Waals surface area contributed by atoms with E-state index in [2.05, 4.69) is 21.2 Å². The van der Waals surface area contributed by atoms with E-state index in [-0.39, 0.29) is 10.6 Å². The van der Waals surface area contributed by atoms with Gasteiger partial charge in [-0.05, 0) is 42.8 Å². The molecule has 2 heterocycles. The zero-order chi connectivity index (χ0) is 21.7. The smallest absolute Gasteiger partial charge is 0.311 e. The number of sulfonamides is 1. The molecule has 1 aliphatic rings. The molecule has 0 radical (unpaired) electrons. The van der Waals surface area contributed by atoms with E-state index in [1.807, 2.05) is 13.0 Å². The van der Waals surface area contributed by atoms with Crippen LogP contribution in [0.1, 0.15) is 10.4 Å². The number of carbonyl (C=O) groups excluding carboxylic acids is 2. The number of esters is 1. The van der Waals surface area contributed by atoms with Crippen molar-refractivity contribution in [2.45, 2.75) is 17.6 Å². The van der Waals surface area contributed by atoms with E-state index in [4.69, 9.17) is 9.47 Å². The predicted molar refractivity (Wildman–Crippen MR) is 116 cm³/mol. The molecule has 30 heavy (non-hydrogen) atoms. The maximum absolute atomic E-state index is 12.6. The first-order valence-corrected chi connectivity index (χ1v) is 12.2. The summed E-state index contributed by atoms with van der Waals surface area (Å²) in [4.78, 5) is 24.6. The van der Waals surface area contributed by atoms with E-state index < -0.39 is 28.5 Å². The van der Waals surface area contributed by atoms with Crippen LogP contribution in [-0.4, -0.2) is 57.5 Å². The predicted octanol–water partition coefficient (Wildman–Crippen LogP) is 2.56. The van der Waals surface area contributed by atoms with Crippen molar-refractivity contribution in [1.82, 2.24) is 4.31 Å². The van der Waals surface area contributed by atoms with E-state index in [1.165, 1.54) is 10.4 Å². The van der Waals surface area contributed by atoms with Gasteiger partial charge in [0.2, 0.25) is 0 Å². The van der Waals surface area contributed by atoms with Crippen LogP contribution in [0.2, 0.25) is 0 Å². The monoisotopic (exact) mass is 516 g/mol. The molecule has 1 aliphatic heterocycles. The molecule has 1 amide bonds. The Labute approximate surface area is 187 Å². The first-order chi connectivity index (χ1) is 14.3. The quantitative estimate of drug-likeness (QED) is 0.567. The molecule has 11 heteroatoms. The van der Waals surface area contributed by atoms with Crippen molar-refractivity contribution in [1.29, 1.82) is 0 Å². The van der Waals surface area contributed by atoms with E-state index in [1.54, 1.807) is 18.2 Å². The third-order valence-electron chi connectivity index (χ3n) is 4.33. The Morgan fingerprint density at radius 3 is 2.67 bits per heavy atom. The summed E-state index contributed by atoms with van der Waals surface area (Å²) >= 11 is 4.41. The van der Waals surface area contributed by atoms with Gasteiger partial charge in [0, 0.05) is 28.1 Å². The van der Waals surface area contributed by atoms with Crippen LogP contribution < -0.4 is 5.32 Å². The molecule has 1 saturated heterocycles. The van der Waals surface area contributed by atoms with Gasteiger partial charge >= 0.3 is 5.97 Å². The van der Waals surface area contributed by atoms with Gasteiger partial charge in [-0.2, -0.15) is 4.31 Å². The third-order valence-corrected chi connectivity index (χ3v) is 8.67. The van der Waals surface area contributed by atoms with Crippen LogP contribution in [0.25, 0.3) is 0 Å². The van der Waals surface area contributed by atoms with Crippen LogP contribution in [-0.2, 0) is 35.5 Å². The fourth-order valence-electron chi connectivity index (χ4n) is 2.76. The number of thiophene rings is 1. The molecule has 1 N–H and O–H groups in total. The number of halogens is 1. The Hall–Kier alpha value is -1.79. The number of aryl methyl sites for hydroxylation is 1. The molecule has 162 valence electrons. The maximum atomic E-state index is 12.6. The lowest BCUT2D eigenvalue weighted by atomic mass is 10.2. The first-order valence-electron chi connectivity index (χ1n) is 9.14. The highest BCUT2D eigenvalue weighted by molar-refractivity contribution is 9.10. The number of benzene rings is 1. The lowest BCUT2D eigenvalue weighted by Gasteiger charge is -2.25. The highest BCUT2D eigenvalue weighted by atomic mass is 79.9. The van der Waals surface area contributed by atoms with E-state index in [0.29, 0.717) is 36.9 Å². The molecule has 1 fully saturated rings. The zero-order valence-electron chi connectivity index (χ0n) is 16.2. The number of morpholine rings is 1. The fourth-order valence-corrected chi connectivity index (χ4v) is 5.92. The third kappa shape index (κ3) is 5.88. The molecule has 0 spiro atoms. The van der Waals surface area contributed by atoms with Gasteiger partial charge in [-0.15, -0.1) is 11.3 Å². The zero-order valence-corrected chi connectivity index (χ0v) is 19.4. The van der Waals surface area contributed by atoms with Crippen LogP contribution >= 0.6 is 27.3 Å². The SMILES string of the molecule is Cc1cc(NC(=O)COC(=O)Cc2ccc(S(=O)(=O)N3CCOCC3)s2)ccc1Br. The second kappa shape index (κ2) is 10.0. The minimum atomic E-state index is -3.59. The van der Waals surface area contributed by atoms with E-state index in [0.717, 1.165) is 21.4 Å². The number of nitrogens with zero attached hydrogens (tertiary/aromatic N) is 1. The highest BCUT2D eigenvalue weighted by Gasteiger charge is 2.28. The Morgan fingerprint density at radius 2 is 1.97 bits per heavy atom. The van der Waals surface area contributed by atoms with Gasteiger partial charge in [-0.3, -0.25) is 9.59 Å². The van der Waals surface area contributed by atoms with Crippen LogP contribution in [0.3, 0.4) is 0 Å². The molecule has 1 aromatic carbocycles. The molecular weight excluding hydrogens is 496 g/mol. The van der Waals surface area contributed by atoms with Gasteiger partial charge in [0.1, 0.15) is 4.21 Å². The molecule has 3 rings (SSSR count). The molecule has 0 saturated carbocycles. The van der Waals surface area contributed by atoms with E-state index in [9.17, 15) is 18.0 Å². The summed E-state index contributed by atoms with van der Waals surface area (Å²) in [6.07, 6.45) is -0.103. The van der Waals surface area contributed by atoms with Gasteiger partial charge in [-0.25, -0.2) is 8.42 Å². The summed E-state index contributed by atoms with van der Waals surface area (Å²) in [6, 6.07) is 8.42. The summed E-state index contributed by atoms with van der Waals surface area (Å²) < 4.78 is 37.9. The second-order valence-electron chi connectivity index (χ2n) is 6.59.